The summed E-state index contributed by atoms with van der Waals surface area (Å²) in [7, 11) is 2.20. The van der Waals surface area contributed by atoms with Gasteiger partial charge in [-0.2, -0.15) is 0 Å². The lowest BCUT2D eigenvalue weighted by molar-refractivity contribution is -0.127. The Balaban J connectivity index is 1.24. The zero-order chi connectivity index (χ0) is 22.9. The quantitative estimate of drug-likeness (QED) is 0.537. The number of aryl methyl sites for hydroxylation is 1. The molecule has 5 nitrogen and oxygen atoms in total. The third-order valence-electron chi connectivity index (χ3n) is 7.72. The average Bonchev–Trinajstić information content (AvgIpc) is 3.20. The van der Waals surface area contributed by atoms with E-state index in [2.05, 4.69) is 71.1 Å². The first kappa shape index (κ1) is 22.1. The van der Waals surface area contributed by atoms with Crippen molar-refractivity contribution in [1.29, 1.82) is 0 Å². The number of amides is 1. The van der Waals surface area contributed by atoms with Gasteiger partial charge in [0.05, 0.1) is 5.92 Å². The van der Waals surface area contributed by atoms with Crippen molar-refractivity contribution in [3.8, 4) is 0 Å². The fourth-order valence-corrected chi connectivity index (χ4v) is 6.05. The van der Waals surface area contributed by atoms with Gasteiger partial charge in [-0.25, -0.2) is 0 Å². The van der Waals surface area contributed by atoms with Gasteiger partial charge in [0, 0.05) is 60.6 Å². The number of piperidine rings is 1. The van der Waals surface area contributed by atoms with E-state index in [4.69, 9.17) is 0 Å². The Morgan fingerprint density at radius 1 is 1.21 bits per heavy atom. The number of carbonyl (C=O) groups excluding carboxylic acids is 1. The second kappa shape index (κ2) is 9.30. The Kier molecular flexibility index (Phi) is 6.24. The summed E-state index contributed by atoms with van der Waals surface area (Å²) in [6, 6.07) is 11.8. The summed E-state index contributed by atoms with van der Waals surface area (Å²) in [5.74, 6) is 0.697. The Labute approximate surface area is 197 Å². The summed E-state index contributed by atoms with van der Waals surface area (Å²) in [5.41, 5.74) is 5.53. The first-order chi connectivity index (χ1) is 16.0. The molecule has 0 saturated carbocycles. The highest BCUT2D eigenvalue weighted by molar-refractivity contribution is 5.89. The molecule has 0 bridgehead atoms. The van der Waals surface area contributed by atoms with E-state index in [1.807, 2.05) is 18.5 Å². The number of nitrogens with one attached hydrogen (secondary N) is 1. The van der Waals surface area contributed by atoms with E-state index < -0.39 is 0 Å². The number of unbranched alkanes of at least 4 members (excludes halogenated alkanes) is 1. The first-order valence-electron chi connectivity index (χ1n) is 12.5. The third kappa shape index (κ3) is 4.31. The highest BCUT2D eigenvalue weighted by Gasteiger charge is 2.41. The van der Waals surface area contributed by atoms with Crippen molar-refractivity contribution in [2.45, 2.75) is 64.0 Å². The number of nitrogens with zero attached hydrogens (tertiary/aromatic N) is 3. The summed E-state index contributed by atoms with van der Waals surface area (Å²) in [5, 5.41) is 4.67. The summed E-state index contributed by atoms with van der Waals surface area (Å²) < 4.78 is 2.42. The lowest BCUT2D eigenvalue weighted by atomic mass is 9.72. The van der Waals surface area contributed by atoms with Gasteiger partial charge in [-0.15, -0.1) is 0 Å². The van der Waals surface area contributed by atoms with E-state index >= 15 is 0 Å². The minimum atomic E-state index is 0.0542. The Morgan fingerprint density at radius 3 is 2.88 bits per heavy atom. The molecule has 1 saturated heterocycles. The minimum absolute atomic E-state index is 0.0542. The van der Waals surface area contributed by atoms with Crippen molar-refractivity contribution < 1.29 is 4.79 Å². The molecule has 1 fully saturated rings. The standard InChI is InChI=1S/C28H36N4O/c1-19(2)32-18-21-15-26-24(23-10-6-11-25(32)27(21)23)14-22(17-31(26)3)28(33)30-13-5-4-8-20-9-7-12-29-16-20/h6-7,9-12,16,18-19,22,24,26H,4-5,8,13-15,17H2,1-3H3,(H,30,33)/t22?,24-,26-/m1/s1. The molecule has 1 unspecified atom stereocenters. The second-order valence-corrected chi connectivity index (χ2v) is 10.3. The summed E-state index contributed by atoms with van der Waals surface area (Å²) in [4.78, 5) is 19.7. The number of carbonyl (C=O) groups is 1. The van der Waals surface area contributed by atoms with Gasteiger partial charge >= 0.3 is 0 Å². The molecule has 1 aliphatic carbocycles. The van der Waals surface area contributed by atoms with Gasteiger partial charge in [0.15, 0.2) is 0 Å². The summed E-state index contributed by atoms with van der Waals surface area (Å²) >= 11 is 0. The van der Waals surface area contributed by atoms with Crippen LogP contribution >= 0.6 is 0 Å². The molecule has 1 amide bonds. The van der Waals surface area contributed by atoms with E-state index in [0.717, 1.165) is 45.2 Å². The lowest BCUT2D eigenvalue weighted by Crippen LogP contribution is -2.51. The molecule has 0 spiro atoms. The molecule has 2 aliphatic rings. The van der Waals surface area contributed by atoms with E-state index in [1.165, 1.54) is 27.6 Å². The topological polar surface area (TPSA) is 50.2 Å². The number of fused-ring (bicyclic) bond motifs is 2. The van der Waals surface area contributed by atoms with E-state index in [-0.39, 0.29) is 11.8 Å². The van der Waals surface area contributed by atoms with E-state index in [9.17, 15) is 4.79 Å². The van der Waals surface area contributed by atoms with Crippen LogP contribution in [0.5, 0.6) is 0 Å². The minimum Gasteiger partial charge on any atom is -0.356 e. The van der Waals surface area contributed by atoms with Crippen molar-refractivity contribution in [3.05, 3.63) is 65.6 Å². The van der Waals surface area contributed by atoms with Crippen LogP contribution in [0.25, 0.3) is 10.9 Å². The van der Waals surface area contributed by atoms with Crippen LogP contribution in [0.3, 0.4) is 0 Å². The van der Waals surface area contributed by atoms with Gasteiger partial charge in [0.25, 0.3) is 0 Å². The van der Waals surface area contributed by atoms with Crippen LogP contribution in [0.1, 0.15) is 61.8 Å². The number of hydrogen-bond donors (Lipinski definition) is 1. The molecule has 174 valence electrons. The molecule has 1 aromatic carbocycles. The molecule has 5 rings (SSSR count). The second-order valence-electron chi connectivity index (χ2n) is 10.3. The van der Waals surface area contributed by atoms with Crippen LogP contribution in [0.15, 0.2) is 48.9 Å². The Bertz CT molecular complexity index is 1120. The average molecular weight is 445 g/mol. The molecule has 3 aromatic rings. The Hall–Kier alpha value is -2.66. The summed E-state index contributed by atoms with van der Waals surface area (Å²) in [6.45, 7) is 6.11. The number of likely N-dealkylation sites (tertiary alicyclic amines) is 1. The predicted octanol–water partition coefficient (Wildman–Crippen LogP) is 4.72. The molecule has 3 atom stereocenters. The number of likely N-dealkylation sites (N-methyl/N-ethyl adjacent to an activating group) is 1. The highest BCUT2D eigenvalue weighted by atomic mass is 16.1. The van der Waals surface area contributed by atoms with Gasteiger partial charge in [0.2, 0.25) is 5.91 Å². The smallest absolute Gasteiger partial charge is 0.224 e. The number of benzene rings is 1. The van der Waals surface area contributed by atoms with Gasteiger partial charge in [-0.3, -0.25) is 9.78 Å². The molecule has 1 aliphatic heterocycles. The van der Waals surface area contributed by atoms with Crippen molar-refractivity contribution >= 4 is 16.8 Å². The largest absolute Gasteiger partial charge is 0.356 e. The maximum atomic E-state index is 13.1. The fraction of sp³-hybridized carbons (Fsp3) is 0.500. The number of aromatic nitrogens is 2. The normalized spacial score (nSPS) is 22.5. The van der Waals surface area contributed by atoms with Crippen LogP contribution in [-0.4, -0.2) is 46.5 Å². The van der Waals surface area contributed by atoms with Gasteiger partial charge in [0.1, 0.15) is 0 Å². The maximum Gasteiger partial charge on any atom is 0.224 e. The van der Waals surface area contributed by atoms with Crippen LogP contribution in [-0.2, 0) is 17.6 Å². The summed E-state index contributed by atoms with van der Waals surface area (Å²) in [6.07, 6.45) is 11.2. The predicted molar refractivity (Wildman–Crippen MR) is 133 cm³/mol. The molecule has 33 heavy (non-hydrogen) atoms. The third-order valence-corrected chi connectivity index (χ3v) is 7.72. The highest BCUT2D eigenvalue weighted by Crippen LogP contribution is 2.45. The molecule has 2 aromatic heterocycles. The molecular weight excluding hydrogens is 408 g/mol. The first-order valence-corrected chi connectivity index (χ1v) is 12.5. The van der Waals surface area contributed by atoms with E-state index in [0.29, 0.717) is 18.0 Å². The van der Waals surface area contributed by atoms with Gasteiger partial charge in [-0.1, -0.05) is 18.2 Å². The molecule has 3 heterocycles. The van der Waals surface area contributed by atoms with Crippen LogP contribution in [0.4, 0.5) is 0 Å². The number of pyridine rings is 1. The molecule has 0 radical (unpaired) electrons. The van der Waals surface area contributed by atoms with Gasteiger partial charge in [-0.05, 0) is 81.8 Å². The fourth-order valence-electron chi connectivity index (χ4n) is 6.05. The lowest BCUT2D eigenvalue weighted by Gasteiger charge is -2.45. The van der Waals surface area contributed by atoms with Crippen molar-refractivity contribution in [2.75, 3.05) is 20.1 Å². The zero-order valence-corrected chi connectivity index (χ0v) is 20.1. The monoisotopic (exact) mass is 444 g/mol. The van der Waals surface area contributed by atoms with Crippen LogP contribution < -0.4 is 5.32 Å². The maximum absolute atomic E-state index is 13.1. The molecule has 5 heteroatoms. The van der Waals surface area contributed by atoms with Crippen molar-refractivity contribution in [1.82, 2.24) is 19.8 Å². The van der Waals surface area contributed by atoms with Crippen LogP contribution in [0, 0.1) is 5.92 Å². The van der Waals surface area contributed by atoms with Crippen LogP contribution in [0.2, 0.25) is 0 Å². The Morgan fingerprint density at radius 2 is 2.09 bits per heavy atom. The number of hydrogen-bond acceptors (Lipinski definition) is 3. The van der Waals surface area contributed by atoms with Gasteiger partial charge < -0.3 is 14.8 Å². The SMILES string of the molecule is CC(C)n1cc2c3c(cccc31)[C@H]1CC(C(=O)NCCCCc3cccnc3)CN(C)[C@@H]1C2. The molecular formula is C28H36N4O. The van der Waals surface area contributed by atoms with Crippen molar-refractivity contribution in [2.24, 2.45) is 5.92 Å². The van der Waals surface area contributed by atoms with Crippen molar-refractivity contribution in [3.63, 3.8) is 0 Å². The number of rotatable bonds is 7. The zero-order valence-electron chi connectivity index (χ0n) is 20.1. The molecule has 1 N–H and O–H groups in total. The van der Waals surface area contributed by atoms with E-state index in [1.54, 1.807) is 0 Å².